The number of ether oxygens (including phenoxy) is 1. The summed E-state index contributed by atoms with van der Waals surface area (Å²) < 4.78 is 5.86. The lowest BCUT2D eigenvalue weighted by Crippen LogP contribution is -2.43. The molecule has 2 atom stereocenters. The summed E-state index contributed by atoms with van der Waals surface area (Å²) in [5, 5.41) is 10.1. The molecule has 3 rings (SSSR count). The van der Waals surface area contributed by atoms with Gasteiger partial charge in [-0.3, -0.25) is 9.79 Å². The molecule has 1 aliphatic rings. The lowest BCUT2D eigenvalue weighted by Gasteiger charge is -2.26. The third-order valence-corrected chi connectivity index (χ3v) is 4.77. The van der Waals surface area contributed by atoms with Crippen LogP contribution in [0.2, 0.25) is 5.02 Å². The van der Waals surface area contributed by atoms with E-state index in [1.165, 1.54) is 0 Å². The summed E-state index contributed by atoms with van der Waals surface area (Å²) >= 11 is 5.99. The topological polar surface area (TPSA) is 74.8 Å². The van der Waals surface area contributed by atoms with Crippen molar-refractivity contribution < 1.29 is 9.53 Å². The predicted molar refractivity (Wildman–Crippen MR) is 129 cm³/mol. The molecule has 2 aromatic rings. The van der Waals surface area contributed by atoms with Gasteiger partial charge < -0.3 is 20.7 Å². The molecule has 0 saturated heterocycles. The van der Waals surface area contributed by atoms with E-state index in [0.717, 1.165) is 17.0 Å². The van der Waals surface area contributed by atoms with Crippen LogP contribution < -0.4 is 20.7 Å². The van der Waals surface area contributed by atoms with Crippen LogP contribution in [-0.2, 0) is 4.79 Å². The smallest absolute Gasteiger partial charge is 0.225 e. The average molecular weight is 529 g/mol. The molecule has 29 heavy (non-hydrogen) atoms. The van der Waals surface area contributed by atoms with Crippen LogP contribution in [0.1, 0.15) is 24.8 Å². The van der Waals surface area contributed by atoms with Gasteiger partial charge in [0.05, 0.1) is 6.54 Å². The molecule has 1 amide bonds. The van der Waals surface area contributed by atoms with Crippen LogP contribution in [-0.4, -0.2) is 38.1 Å². The van der Waals surface area contributed by atoms with Gasteiger partial charge in [0.15, 0.2) is 5.96 Å². The zero-order chi connectivity index (χ0) is 19.9. The van der Waals surface area contributed by atoms with Crippen LogP contribution in [0.3, 0.4) is 0 Å². The molecule has 8 heteroatoms. The van der Waals surface area contributed by atoms with Crippen LogP contribution >= 0.6 is 35.6 Å². The Morgan fingerprint density at radius 3 is 2.83 bits per heavy atom. The van der Waals surface area contributed by atoms with Crippen molar-refractivity contribution >= 4 is 53.1 Å². The van der Waals surface area contributed by atoms with Crippen molar-refractivity contribution in [3.8, 4) is 5.75 Å². The van der Waals surface area contributed by atoms with Gasteiger partial charge in [0.2, 0.25) is 5.91 Å². The Morgan fingerprint density at radius 2 is 2.07 bits per heavy atom. The molecule has 2 unspecified atom stereocenters. The minimum Gasteiger partial charge on any atom is -0.489 e. The number of amides is 1. The number of anilines is 1. The fraction of sp³-hybridized carbons (Fsp3) is 0.333. The minimum absolute atomic E-state index is 0. The van der Waals surface area contributed by atoms with Gasteiger partial charge in [0.25, 0.3) is 0 Å². The van der Waals surface area contributed by atoms with Gasteiger partial charge in [0.1, 0.15) is 11.9 Å². The fourth-order valence-corrected chi connectivity index (χ4v) is 3.36. The summed E-state index contributed by atoms with van der Waals surface area (Å²) in [7, 11) is 1.72. The maximum atomic E-state index is 12.0. The molecule has 0 fully saturated rings. The summed E-state index contributed by atoms with van der Waals surface area (Å²) in [4.78, 5) is 16.2. The number of aliphatic imine (C=N–C) groups is 1. The standard InChI is InChI=1S/C21H25ClN4O2.HI/c1-14(28-17-7-5-6-16(22)11-17)12-24-21(23-2)25-13-15-10-20(27)26-19-9-4-3-8-18(15)19;/h3-9,11,14-15H,10,12-13H2,1-2H3,(H,26,27)(H2,23,24,25);1H. The molecule has 1 aliphatic heterocycles. The second-order valence-corrected chi connectivity index (χ2v) is 7.19. The number of hydrogen-bond donors (Lipinski definition) is 3. The Labute approximate surface area is 193 Å². The molecule has 0 radical (unpaired) electrons. The van der Waals surface area contributed by atoms with Crippen molar-refractivity contribution in [1.29, 1.82) is 0 Å². The lowest BCUT2D eigenvalue weighted by molar-refractivity contribution is -0.116. The zero-order valence-electron chi connectivity index (χ0n) is 16.4. The molecule has 3 N–H and O–H groups in total. The van der Waals surface area contributed by atoms with Crippen LogP contribution in [0.5, 0.6) is 5.75 Å². The van der Waals surface area contributed by atoms with Crippen LogP contribution in [0.15, 0.2) is 53.5 Å². The third kappa shape index (κ3) is 6.78. The first-order valence-electron chi connectivity index (χ1n) is 9.30. The average Bonchev–Trinajstić information content (AvgIpc) is 2.67. The van der Waals surface area contributed by atoms with Crippen molar-refractivity contribution in [3.05, 3.63) is 59.1 Å². The molecule has 0 aromatic heterocycles. The second-order valence-electron chi connectivity index (χ2n) is 6.76. The molecule has 0 aliphatic carbocycles. The summed E-state index contributed by atoms with van der Waals surface area (Å²) in [6, 6.07) is 15.2. The Kier molecular flexibility index (Phi) is 9.03. The highest BCUT2D eigenvalue weighted by Crippen LogP contribution is 2.31. The van der Waals surface area contributed by atoms with Crippen molar-refractivity contribution in [2.45, 2.75) is 25.4 Å². The highest BCUT2D eigenvalue weighted by molar-refractivity contribution is 14.0. The number of para-hydroxylation sites is 1. The van der Waals surface area contributed by atoms with Gasteiger partial charge in [-0.15, -0.1) is 24.0 Å². The van der Waals surface area contributed by atoms with E-state index >= 15 is 0 Å². The summed E-state index contributed by atoms with van der Waals surface area (Å²) in [6.45, 7) is 3.17. The molecular weight excluding hydrogens is 503 g/mol. The van der Waals surface area contributed by atoms with E-state index in [1.807, 2.05) is 43.3 Å². The van der Waals surface area contributed by atoms with Crippen molar-refractivity contribution in [3.63, 3.8) is 0 Å². The predicted octanol–water partition coefficient (Wildman–Crippen LogP) is 4.02. The van der Waals surface area contributed by atoms with Crippen molar-refractivity contribution in [2.75, 3.05) is 25.5 Å². The Bertz CT molecular complexity index is 862. The number of carbonyl (C=O) groups excluding carboxylic acids is 1. The highest BCUT2D eigenvalue weighted by atomic mass is 127. The van der Waals surface area contributed by atoms with Gasteiger partial charge in [-0.1, -0.05) is 35.9 Å². The minimum atomic E-state index is -0.0711. The monoisotopic (exact) mass is 528 g/mol. The van der Waals surface area contributed by atoms with Gasteiger partial charge in [-0.05, 0) is 36.8 Å². The molecule has 156 valence electrons. The SMILES string of the molecule is CN=C(NCC(C)Oc1cccc(Cl)c1)NCC1CC(=O)Nc2ccccc21.I. The van der Waals surface area contributed by atoms with Gasteiger partial charge >= 0.3 is 0 Å². The normalized spacial score (nSPS) is 16.7. The number of hydrogen-bond acceptors (Lipinski definition) is 3. The van der Waals surface area contributed by atoms with E-state index in [0.29, 0.717) is 30.5 Å². The number of nitrogens with zero attached hydrogens (tertiary/aromatic N) is 1. The summed E-state index contributed by atoms with van der Waals surface area (Å²) in [5.74, 6) is 1.54. The Morgan fingerprint density at radius 1 is 1.28 bits per heavy atom. The van der Waals surface area contributed by atoms with Crippen LogP contribution in [0.25, 0.3) is 0 Å². The van der Waals surface area contributed by atoms with E-state index in [-0.39, 0.29) is 41.9 Å². The lowest BCUT2D eigenvalue weighted by atomic mass is 9.90. The quantitative estimate of drug-likeness (QED) is 0.301. The molecular formula is C21H26ClIN4O2. The first kappa shape index (κ1) is 23.3. The number of halogens is 2. The largest absolute Gasteiger partial charge is 0.489 e. The number of fused-ring (bicyclic) bond motifs is 1. The van der Waals surface area contributed by atoms with E-state index in [9.17, 15) is 4.79 Å². The van der Waals surface area contributed by atoms with E-state index < -0.39 is 0 Å². The fourth-order valence-electron chi connectivity index (χ4n) is 3.18. The van der Waals surface area contributed by atoms with Crippen LogP contribution in [0.4, 0.5) is 5.69 Å². The van der Waals surface area contributed by atoms with Gasteiger partial charge in [0, 0.05) is 36.6 Å². The Balaban J connectivity index is 0.00000300. The Hall–Kier alpha value is -2.00. The maximum Gasteiger partial charge on any atom is 0.225 e. The van der Waals surface area contributed by atoms with Gasteiger partial charge in [-0.2, -0.15) is 0 Å². The number of rotatable bonds is 6. The van der Waals surface area contributed by atoms with Crippen molar-refractivity contribution in [2.24, 2.45) is 4.99 Å². The molecule has 6 nitrogen and oxygen atoms in total. The number of nitrogens with one attached hydrogen (secondary N) is 3. The van der Waals surface area contributed by atoms with E-state index in [2.05, 4.69) is 27.0 Å². The molecule has 2 aromatic carbocycles. The molecule has 0 bridgehead atoms. The number of guanidine groups is 1. The number of carbonyl (C=O) groups is 1. The highest BCUT2D eigenvalue weighted by Gasteiger charge is 2.24. The van der Waals surface area contributed by atoms with Gasteiger partial charge in [-0.25, -0.2) is 0 Å². The molecule has 0 spiro atoms. The zero-order valence-corrected chi connectivity index (χ0v) is 19.5. The first-order chi connectivity index (χ1) is 13.5. The third-order valence-electron chi connectivity index (χ3n) is 4.54. The molecule has 0 saturated carbocycles. The maximum absolute atomic E-state index is 12.0. The second kappa shape index (κ2) is 11.3. The summed E-state index contributed by atoms with van der Waals surface area (Å²) in [5.41, 5.74) is 2.03. The summed E-state index contributed by atoms with van der Waals surface area (Å²) in [6.07, 6.45) is 0.383. The van der Waals surface area contributed by atoms with E-state index in [1.54, 1.807) is 13.1 Å². The molecule has 1 heterocycles. The first-order valence-corrected chi connectivity index (χ1v) is 9.68. The van der Waals surface area contributed by atoms with Crippen molar-refractivity contribution in [1.82, 2.24) is 10.6 Å². The van der Waals surface area contributed by atoms with Crippen LogP contribution in [0, 0.1) is 0 Å². The van der Waals surface area contributed by atoms with E-state index in [4.69, 9.17) is 16.3 Å². The number of benzene rings is 2.